The summed E-state index contributed by atoms with van der Waals surface area (Å²) in [6, 6.07) is 16.2. The number of hydrogen-bond donors (Lipinski definition) is 0. The zero-order chi connectivity index (χ0) is 17.9. The Balaban J connectivity index is 1.83. The van der Waals surface area contributed by atoms with Gasteiger partial charge in [0.25, 0.3) is 0 Å². The molecule has 0 aliphatic carbocycles. The molecular formula is C19H20N2O3S. The van der Waals surface area contributed by atoms with E-state index in [0.29, 0.717) is 17.7 Å². The lowest BCUT2D eigenvalue weighted by molar-refractivity contribution is 0.389. The van der Waals surface area contributed by atoms with Gasteiger partial charge in [-0.3, -0.25) is 0 Å². The van der Waals surface area contributed by atoms with Crippen LogP contribution >= 0.6 is 0 Å². The van der Waals surface area contributed by atoms with Gasteiger partial charge in [0, 0.05) is 12.6 Å². The van der Waals surface area contributed by atoms with Crippen molar-refractivity contribution in [2.24, 2.45) is 0 Å². The summed E-state index contributed by atoms with van der Waals surface area (Å²) < 4.78 is 32.7. The molecule has 0 bridgehead atoms. The number of nitrogens with zero attached hydrogens (tertiary/aromatic N) is 2. The normalized spacial score (nSPS) is 18.0. The first-order valence-corrected chi connectivity index (χ1v) is 9.77. The van der Waals surface area contributed by atoms with Crippen molar-refractivity contribution in [2.45, 2.75) is 24.6 Å². The van der Waals surface area contributed by atoms with E-state index in [4.69, 9.17) is 10.00 Å². The maximum absolute atomic E-state index is 12.9. The van der Waals surface area contributed by atoms with Crippen molar-refractivity contribution < 1.29 is 13.2 Å². The number of benzene rings is 2. The Kier molecular flexibility index (Phi) is 5.07. The molecule has 6 heteroatoms. The average molecular weight is 356 g/mol. The van der Waals surface area contributed by atoms with Crippen LogP contribution < -0.4 is 4.74 Å². The van der Waals surface area contributed by atoms with Gasteiger partial charge in [-0.25, -0.2) is 8.42 Å². The second kappa shape index (κ2) is 7.26. The van der Waals surface area contributed by atoms with Crippen LogP contribution in [0.2, 0.25) is 0 Å². The first-order chi connectivity index (χ1) is 12.0. The Bertz CT molecular complexity index is 886. The van der Waals surface area contributed by atoms with Crippen molar-refractivity contribution >= 4 is 10.0 Å². The summed E-state index contributed by atoms with van der Waals surface area (Å²) in [6.45, 7) is 0.528. The van der Waals surface area contributed by atoms with Gasteiger partial charge in [-0.15, -0.1) is 0 Å². The zero-order valence-electron chi connectivity index (χ0n) is 14.1. The van der Waals surface area contributed by atoms with Gasteiger partial charge >= 0.3 is 0 Å². The molecule has 1 saturated heterocycles. The first-order valence-electron chi connectivity index (χ1n) is 8.16. The van der Waals surface area contributed by atoms with E-state index < -0.39 is 10.0 Å². The minimum absolute atomic E-state index is 0.0564. The Morgan fingerprint density at radius 2 is 2.00 bits per heavy atom. The lowest BCUT2D eigenvalue weighted by atomic mass is 10.1. The number of nitriles is 1. The minimum atomic E-state index is -3.44. The molecule has 5 nitrogen and oxygen atoms in total. The van der Waals surface area contributed by atoms with Crippen LogP contribution in [0.5, 0.6) is 5.75 Å². The lowest BCUT2D eigenvalue weighted by Gasteiger charge is -2.24. The molecule has 1 heterocycles. The second-order valence-electron chi connectivity index (χ2n) is 6.11. The molecule has 0 amide bonds. The van der Waals surface area contributed by atoms with E-state index >= 15 is 0 Å². The maximum atomic E-state index is 12.9. The van der Waals surface area contributed by atoms with Gasteiger partial charge < -0.3 is 4.74 Å². The van der Waals surface area contributed by atoms with E-state index in [1.165, 1.54) is 0 Å². The molecule has 1 aliphatic heterocycles. The largest absolute Gasteiger partial charge is 0.497 e. The molecule has 0 unspecified atom stereocenters. The van der Waals surface area contributed by atoms with Gasteiger partial charge in [0.1, 0.15) is 5.75 Å². The summed E-state index contributed by atoms with van der Waals surface area (Å²) in [5.74, 6) is 0.674. The van der Waals surface area contributed by atoms with Crippen molar-refractivity contribution in [3.8, 4) is 11.8 Å². The predicted molar refractivity (Wildman–Crippen MR) is 95.5 cm³/mol. The Morgan fingerprint density at radius 3 is 2.68 bits per heavy atom. The molecule has 1 atom stereocenters. The number of hydrogen-bond acceptors (Lipinski definition) is 4. The standard InChI is InChI=1S/C19H20N2O3S/c1-24-18-5-2-4-17(12-18)19-6-3-11-21(19)25(22,23)14-16-9-7-15(13-20)8-10-16/h2,4-5,7-10,12,19H,3,6,11,14H2,1H3/t19-/m1/s1. The molecule has 1 fully saturated rings. The van der Waals surface area contributed by atoms with E-state index in [1.807, 2.05) is 30.3 Å². The highest BCUT2D eigenvalue weighted by Crippen LogP contribution is 2.36. The van der Waals surface area contributed by atoms with Gasteiger partial charge in [0.2, 0.25) is 10.0 Å². The highest BCUT2D eigenvalue weighted by atomic mass is 32.2. The fourth-order valence-corrected chi connectivity index (χ4v) is 5.03. The topological polar surface area (TPSA) is 70.4 Å². The summed E-state index contributed by atoms with van der Waals surface area (Å²) in [6.07, 6.45) is 1.65. The number of rotatable bonds is 5. The summed E-state index contributed by atoms with van der Waals surface area (Å²) in [5.41, 5.74) is 2.17. The van der Waals surface area contributed by atoms with Crippen molar-refractivity contribution in [1.82, 2.24) is 4.31 Å². The van der Waals surface area contributed by atoms with Crippen LogP contribution in [0, 0.1) is 11.3 Å². The van der Waals surface area contributed by atoms with Crippen LogP contribution in [-0.4, -0.2) is 26.4 Å². The quantitative estimate of drug-likeness (QED) is 0.825. The smallest absolute Gasteiger partial charge is 0.218 e. The fourth-order valence-electron chi connectivity index (χ4n) is 3.22. The molecule has 2 aromatic rings. The monoisotopic (exact) mass is 356 g/mol. The van der Waals surface area contributed by atoms with E-state index in [9.17, 15) is 8.42 Å². The number of sulfonamides is 1. The van der Waals surface area contributed by atoms with Crippen LogP contribution in [-0.2, 0) is 15.8 Å². The average Bonchev–Trinajstić information content (AvgIpc) is 3.13. The van der Waals surface area contributed by atoms with Gasteiger partial charge in [0.05, 0.1) is 24.5 Å². The predicted octanol–water partition coefficient (Wildman–Crippen LogP) is 3.23. The van der Waals surface area contributed by atoms with Crippen molar-refractivity contribution in [2.75, 3.05) is 13.7 Å². The minimum Gasteiger partial charge on any atom is -0.497 e. The first kappa shape index (κ1) is 17.5. The summed E-state index contributed by atoms with van der Waals surface area (Å²) in [4.78, 5) is 0. The highest BCUT2D eigenvalue weighted by molar-refractivity contribution is 7.88. The van der Waals surface area contributed by atoms with Gasteiger partial charge in [-0.2, -0.15) is 9.57 Å². The molecule has 130 valence electrons. The van der Waals surface area contributed by atoms with Crippen molar-refractivity contribution in [1.29, 1.82) is 5.26 Å². The highest BCUT2D eigenvalue weighted by Gasteiger charge is 2.35. The number of ether oxygens (including phenoxy) is 1. The summed E-state index contributed by atoms with van der Waals surface area (Å²) >= 11 is 0. The van der Waals surface area contributed by atoms with Crippen molar-refractivity contribution in [3.05, 3.63) is 65.2 Å². The molecule has 0 spiro atoms. The third-order valence-corrected chi connectivity index (χ3v) is 6.32. The van der Waals surface area contributed by atoms with Crippen LogP contribution in [0.1, 0.15) is 35.6 Å². The van der Waals surface area contributed by atoms with Crippen LogP contribution in [0.25, 0.3) is 0 Å². The molecule has 0 saturated carbocycles. The summed E-state index contributed by atoms with van der Waals surface area (Å²) in [7, 11) is -1.84. The second-order valence-corrected chi connectivity index (χ2v) is 8.03. The molecule has 0 N–H and O–H groups in total. The molecule has 25 heavy (non-hydrogen) atoms. The van der Waals surface area contributed by atoms with Gasteiger partial charge in [0.15, 0.2) is 0 Å². The van der Waals surface area contributed by atoms with Gasteiger partial charge in [-0.05, 0) is 48.2 Å². The maximum Gasteiger partial charge on any atom is 0.218 e. The fraction of sp³-hybridized carbons (Fsp3) is 0.316. The van der Waals surface area contributed by atoms with E-state index in [-0.39, 0.29) is 11.8 Å². The van der Waals surface area contributed by atoms with Crippen LogP contribution in [0.4, 0.5) is 0 Å². The Morgan fingerprint density at radius 1 is 1.24 bits per heavy atom. The Hall–Kier alpha value is -2.36. The van der Waals surface area contributed by atoms with E-state index in [1.54, 1.807) is 35.7 Å². The number of methoxy groups -OCH3 is 1. The molecule has 2 aromatic carbocycles. The lowest BCUT2D eigenvalue weighted by Crippen LogP contribution is -2.31. The molecule has 0 aromatic heterocycles. The molecule has 1 aliphatic rings. The van der Waals surface area contributed by atoms with Crippen LogP contribution in [0.3, 0.4) is 0 Å². The third kappa shape index (κ3) is 3.84. The van der Waals surface area contributed by atoms with Crippen LogP contribution in [0.15, 0.2) is 48.5 Å². The van der Waals surface area contributed by atoms with Crippen molar-refractivity contribution in [3.63, 3.8) is 0 Å². The zero-order valence-corrected chi connectivity index (χ0v) is 14.9. The molecule has 3 rings (SSSR count). The van der Waals surface area contributed by atoms with Gasteiger partial charge in [-0.1, -0.05) is 24.3 Å². The van der Waals surface area contributed by atoms with E-state index in [0.717, 1.165) is 24.2 Å². The van der Waals surface area contributed by atoms with E-state index in [2.05, 4.69) is 0 Å². The SMILES string of the molecule is COc1cccc([C@H]2CCCN2S(=O)(=O)Cc2ccc(C#N)cc2)c1. The summed E-state index contributed by atoms with van der Waals surface area (Å²) in [5, 5.41) is 8.85. The molecular weight excluding hydrogens is 336 g/mol. The molecule has 0 radical (unpaired) electrons. The Labute approximate surface area is 148 Å². The third-order valence-electron chi connectivity index (χ3n) is 4.47.